The lowest BCUT2D eigenvalue weighted by Crippen LogP contribution is -2.70. The molecule has 2 heterocycles. The number of hydrogen-bond donors (Lipinski definition) is 12. The van der Waals surface area contributed by atoms with Crippen molar-refractivity contribution in [3.8, 4) is 0 Å². The first kappa shape index (κ1) is 27.7. The number of unbranched alkanes of at least 4 members (excludes halogenated alkanes) is 3. The van der Waals surface area contributed by atoms with Crippen molar-refractivity contribution in [1.82, 2.24) is 10.6 Å². The van der Waals surface area contributed by atoms with Crippen LogP contribution in [0, 0.1) is 0 Å². The Labute approximate surface area is 184 Å². The number of aliphatic hydroxyl groups excluding tert-OH is 8. The summed E-state index contributed by atoms with van der Waals surface area (Å²) >= 11 is 0. The third-order valence-electron chi connectivity index (χ3n) is 5.79. The molecular formula is C18H36N2O12. The summed E-state index contributed by atoms with van der Waals surface area (Å²) in [5.74, 6) is -4.67. The summed E-state index contributed by atoms with van der Waals surface area (Å²) in [6, 6.07) is 0. The normalized spacial score (nSPS) is 45.2. The first-order valence-electron chi connectivity index (χ1n) is 10.6. The molecule has 0 aromatic heterocycles. The van der Waals surface area contributed by atoms with Crippen molar-refractivity contribution in [2.45, 2.75) is 86.3 Å². The summed E-state index contributed by atoms with van der Waals surface area (Å²) in [5.41, 5.74) is 0. The molecule has 2 aliphatic rings. The molecule has 190 valence electrons. The number of rotatable bonds is 11. The average Bonchev–Trinajstić information content (AvgIpc) is 2.78. The lowest BCUT2D eigenvalue weighted by atomic mass is 9.96. The van der Waals surface area contributed by atoms with Crippen LogP contribution in [0.2, 0.25) is 0 Å². The van der Waals surface area contributed by atoms with Crippen LogP contribution in [0.3, 0.4) is 0 Å². The topological polar surface area (TPSA) is 245 Å². The van der Waals surface area contributed by atoms with Gasteiger partial charge in [-0.25, -0.2) is 0 Å². The van der Waals surface area contributed by atoms with Gasteiger partial charge in [0.05, 0.1) is 13.2 Å². The molecular weight excluding hydrogens is 436 g/mol. The molecule has 0 saturated carbocycles. The molecule has 0 bridgehead atoms. The fourth-order valence-electron chi connectivity index (χ4n) is 3.74. The Kier molecular flexibility index (Phi) is 10.1. The molecule has 10 atom stereocenters. The van der Waals surface area contributed by atoms with Crippen molar-refractivity contribution < 1.29 is 60.5 Å². The molecule has 14 nitrogen and oxygen atoms in total. The van der Waals surface area contributed by atoms with Gasteiger partial charge in [0.1, 0.15) is 36.6 Å². The van der Waals surface area contributed by atoms with Crippen molar-refractivity contribution in [3.05, 3.63) is 0 Å². The van der Waals surface area contributed by atoms with Crippen LogP contribution < -0.4 is 10.6 Å². The van der Waals surface area contributed by atoms with Crippen LogP contribution in [0.4, 0.5) is 0 Å². The summed E-state index contributed by atoms with van der Waals surface area (Å²) in [5, 5.41) is 103. The minimum absolute atomic E-state index is 0.177. The van der Waals surface area contributed by atoms with E-state index in [-0.39, 0.29) is 13.1 Å². The Morgan fingerprint density at radius 2 is 0.906 bits per heavy atom. The van der Waals surface area contributed by atoms with E-state index in [2.05, 4.69) is 10.6 Å². The molecule has 0 radical (unpaired) electrons. The van der Waals surface area contributed by atoms with E-state index in [9.17, 15) is 51.1 Å². The molecule has 2 fully saturated rings. The molecule has 0 spiro atoms. The quantitative estimate of drug-likeness (QED) is 0.0989. The molecule has 32 heavy (non-hydrogen) atoms. The van der Waals surface area contributed by atoms with Crippen LogP contribution in [-0.2, 0) is 9.47 Å². The van der Waals surface area contributed by atoms with Gasteiger partial charge in [0, 0.05) is 13.1 Å². The van der Waals surface area contributed by atoms with E-state index in [4.69, 9.17) is 9.47 Å². The summed E-state index contributed by atoms with van der Waals surface area (Å²) in [6.07, 6.45) is -10.4. The van der Waals surface area contributed by atoms with Crippen molar-refractivity contribution >= 4 is 0 Å². The van der Waals surface area contributed by atoms with Gasteiger partial charge < -0.3 is 60.5 Å². The van der Waals surface area contributed by atoms with Crippen LogP contribution in [-0.4, -0.2) is 138 Å². The largest absolute Gasteiger partial charge is 0.394 e. The second-order valence-corrected chi connectivity index (χ2v) is 8.19. The van der Waals surface area contributed by atoms with Gasteiger partial charge >= 0.3 is 0 Å². The molecule has 2 saturated heterocycles. The van der Waals surface area contributed by atoms with Gasteiger partial charge in [-0.15, -0.1) is 0 Å². The number of nitrogens with one attached hydrogen (secondary N) is 2. The number of ether oxygens (including phenoxy) is 2. The van der Waals surface area contributed by atoms with Gasteiger partial charge in [-0.3, -0.25) is 10.6 Å². The zero-order chi connectivity index (χ0) is 24.1. The van der Waals surface area contributed by atoms with Gasteiger partial charge in [0.15, 0.2) is 12.2 Å². The maximum Gasteiger partial charge on any atom is 0.255 e. The van der Waals surface area contributed by atoms with Gasteiger partial charge in [-0.05, 0) is 12.8 Å². The highest BCUT2D eigenvalue weighted by Gasteiger charge is 2.53. The molecule has 0 aromatic rings. The van der Waals surface area contributed by atoms with E-state index < -0.39 is 73.9 Å². The average molecular weight is 472 g/mol. The standard InChI is InChI=1S/C18H36N2O12/c21-7-9-11(23)13(25)15(27)17(29,31-9)19-5-3-1-2-4-6-20-18(30)16(28)14(26)12(24)10(8-22)32-18/h9-16,19-30H,1-8H2/t9-,10-,11-,12-,13+,14+,15-,16-,17?,18?/m1/s1. The highest BCUT2D eigenvalue weighted by Crippen LogP contribution is 2.27. The maximum atomic E-state index is 10.4. The lowest BCUT2D eigenvalue weighted by molar-refractivity contribution is -0.361. The first-order chi connectivity index (χ1) is 15.0. The van der Waals surface area contributed by atoms with Crippen LogP contribution in [0.15, 0.2) is 0 Å². The second-order valence-electron chi connectivity index (χ2n) is 8.19. The van der Waals surface area contributed by atoms with E-state index in [1.54, 1.807) is 0 Å². The number of hydrogen-bond acceptors (Lipinski definition) is 14. The van der Waals surface area contributed by atoms with Crippen molar-refractivity contribution in [2.24, 2.45) is 0 Å². The summed E-state index contributed by atoms with van der Waals surface area (Å²) < 4.78 is 10.2. The Morgan fingerprint density at radius 1 is 0.562 bits per heavy atom. The summed E-state index contributed by atoms with van der Waals surface area (Å²) in [4.78, 5) is 0. The highest BCUT2D eigenvalue weighted by atomic mass is 16.7. The van der Waals surface area contributed by atoms with E-state index in [1.807, 2.05) is 0 Å². The zero-order valence-corrected chi connectivity index (χ0v) is 17.6. The van der Waals surface area contributed by atoms with Gasteiger partial charge in [-0.2, -0.15) is 0 Å². The molecule has 2 aliphatic heterocycles. The Bertz CT molecular complexity index is 524. The Hall–Kier alpha value is -0.560. The lowest BCUT2D eigenvalue weighted by Gasteiger charge is -2.45. The third-order valence-corrected chi connectivity index (χ3v) is 5.79. The van der Waals surface area contributed by atoms with Crippen molar-refractivity contribution in [2.75, 3.05) is 26.3 Å². The van der Waals surface area contributed by atoms with Crippen LogP contribution in [0.25, 0.3) is 0 Å². The second kappa shape index (κ2) is 11.7. The highest BCUT2D eigenvalue weighted by molar-refractivity contribution is 4.95. The Morgan fingerprint density at radius 3 is 1.22 bits per heavy atom. The van der Waals surface area contributed by atoms with Gasteiger partial charge in [0.2, 0.25) is 0 Å². The number of aliphatic hydroxyl groups is 10. The van der Waals surface area contributed by atoms with Gasteiger partial charge in [-0.1, -0.05) is 12.8 Å². The zero-order valence-electron chi connectivity index (χ0n) is 17.6. The minimum atomic E-state index is -2.33. The smallest absolute Gasteiger partial charge is 0.255 e. The molecule has 14 heteroatoms. The predicted octanol–water partition coefficient (Wildman–Crippen LogP) is -6.03. The monoisotopic (exact) mass is 472 g/mol. The fourth-order valence-corrected chi connectivity index (χ4v) is 3.74. The first-order valence-corrected chi connectivity index (χ1v) is 10.6. The van der Waals surface area contributed by atoms with E-state index in [0.717, 1.165) is 0 Å². The molecule has 0 aliphatic carbocycles. The van der Waals surface area contributed by atoms with Crippen LogP contribution in [0.1, 0.15) is 25.7 Å². The summed E-state index contributed by atoms with van der Waals surface area (Å²) in [7, 11) is 0. The maximum absolute atomic E-state index is 10.4. The molecule has 0 aromatic carbocycles. The Balaban J connectivity index is 1.67. The van der Waals surface area contributed by atoms with E-state index in [1.165, 1.54) is 0 Å². The predicted molar refractivity (Wildman–Crippen MR) is 104 cm³/mol. The van der Waals surface area contributed by atoms with Crippen molar-refractivity contribution in [1.29, 1.82) is 0 Å². The molecule has 2 rings (SSSR count). The van der Waals surface area contributed by atoms with E-state index >= 15 is 0 Å². The third kappa shape index (κ3) is 6.11. The van der Waals surface area contributed by atoms with Crippen LogP contribution >= 0.6 is 0 Å². The molecule has 0 amide bonds. The molecule has 12 N–H and O–H groups in total. The molecule has 2 unspecified atom stereocenters. The van der Waals surface area contributed by atoms with Crippen LogP contribution in [0.5, 0.6) is 0 Å². The SMILES string of the molecule is OC[C@H]1OC(O)(NCCCCCCNC2(O)O[C@H](CO)[C@@H](O)[C@H](O)[C@H]2O)[C@H](O)[C@@H](O)[C@@H]1O. The minimum Gasteiger partial charge on any atom is -0.394 e. The van der Waals surface area contributed by atoms with E-state index in [0.29, 0.717) is 25.7 Å². The summed E-state index contributed by atoms with van der Waals surface area (Å²) in [6.45, 7) is -0.977. The van der Waals surface area contributed by atoms with Gasteiger partial charge in [0.25, 0.3) is 11.8 Å². The fraction of sp³-hybridized carbons (Fsp3) is 1.00. The van der Waals surface area contributed by atoms with Crippen molar-refractivity contribution in [3.63, 3.8) is 0 Å².